The molecule has 0 aliphatic heterocycles. The average molecular weight is 315 g/mol. The third-order valence-electron chi connectivity index (χ3n) is 4.51. The number of rotatable bonds is 8. The Morgan fingerprint density at radius 1 is 0.850 bits per heavy atom. The van der Waals surface area contributed by atoms with Gasteiger partial charge in [-0.2, -0.15) is 0 Å². The predicted molar refractivity (Wildman–Crippen MR) is 98.7 cm³/mol. The van der Waals surface area contributed by atoms with Crippen LogP contribution in [0.25, 0.3) is 0 Å². The quantitative estimate of drug-likeness (QED) is 0.472. The molecule has 0 fully saturated rings. The molecule has 20 heavy (non-hydrogen) atoms. The second-order valence-corrected chi connectivity index (χ2v) is 18.3. The van der Waals surface area contributed by atoms with Crippen molar-refractivity contribution in [2.45, 2.75) is 97.3 Å². The third-order valence-corrected chi connectivity index (χ3v) is 12.3. The molecular formula is C17H38OSi2. The van der Waals surface area contributed by atoms with Crippen LogP contribution in [0.5, 0.6) is 0 Å². The van der Waals surface area contributed by atoms with Crippen LogP contribution in [0.2, 0.25) is 36.3 Å². The van der Waals surface area contributed by atoms with Crippen molar-refractivity contribution in [2.24, 2.45) is 0 Å². The average Bonchev–Trinajstić information content (AvgIpc) is 2.24. The van der Waals surface area contributed by atoms with Gasteiger partial charge >= 0.3 is 0 Å². The van der Waals surface area contributed by atoms with E-state index in [1.807, 2.05) is 0 Å². The van der Waals surface area contributed by atoms with E-state index in [4.69, 9.17) is 4.43 Å². The third kappa shape index (κ3) is 5.49. The van der Waals surface area contributed by atoms with Crippen molar-refractivity contribution in [3.05, 3.63) is 11.8 Å². The first-order valence-electron chi connectivity index (χ1n) is 8.34. The van der Waals surface area contributed by atoms with Crippen LogP contribution in [-0.4, -0.2) is 22.5 Å². The summed E-state index contributed by atoms with van der Waals surface area (Å²) in [6.45, 7) is 23.6. The van der Waals surface area contributed by atoms with Gasteiger partial charge in [0.2, 0.25) is 0 Å². The summed E-state index contributed by atoms with van der Waals surface area (Å²) in [5.41, 5.74) is 4.95. The lowest BCUT2D eigenvalue weighted by Gasteiger charge is -2.41. The molecule has 0 bridgehead atoms. The van der Waals surface area contributed by atoms with Crippen molar-refractivity contribution in [1.29, 1.82) is 0 Å². The minimum Gasteiger partial charge on any atom is -0.411 e. The van der Waals surface area contributed by atoms with Crippen LogP contribution in [0.1, 0.15) is 54.9 Å². The van der Waals surface area contributed by atoms with E-state index in [0.717, 1.165) is 23.0 Å². The summed E-state index contributed by atoms with van der Waals surface area (Å²) in [4.78, 5) is 0. The summed E-state index contributed by atoms with van der Waals surface area (Å²) in [6.07, 6.45) is 3.80. The molecule has 0 aromatic heterocycles. The lowest BCUT2D eigenvalue weighted by molar-refractivity contribution is 0.238. The number of hydrogen-bond acceptors (Lipinski definition) is 1. The smallest absolute Gasteiger partial charge is 0.184 e. The summed E-state index contributed by atoms with van der Waals surface area (Å²) in [5.74, 6) is 0. The van der Waals surface area contributed by atoms with Crippen molar-refractivity contribution < 1.29 is 4.43 Å². The van der Waals surface area contributed by atoms with E-state index in [2.05, 4.69) is 79.9 Å². The van der Waals surface area contributed by atoms with Crippen molar-refractivity contribution in [1.82, 2.24) is 0 Å². The zero-order chi connectivity index (χ0) is 16.1. The summed E-state index contributed by atoms with van der Waals surface area (Å²) in [7, 11) is -2.88. The Morgan fingerprint density at radius 3 is 1.50 bits per heavy atom. The van der Waals surface area contributed by atoms with Crippen LogP contribution < -0.4 is 0 Å². The highest BCUT2D eigenvalue weighted by Crippen LogP contribution is 2.42. The van der Waals surface area contributed by atoms with Crippen LogP contribution in [-0.2, 0) is 4.43 Å². The van der Waals surface area contributed by atoms with Gasteiger partial charge in [0, 0.05) is 0 Å². The molecule has 0 aliphatic carbocycles. The fourth-order valence-corrected chi connectivity index (χ4v) is 10.4. The molecule has 1 atom stereocenters. The van der Waals surface area contributed by atoms with Crippen molar-refractivity contribution in [3.8, 4) is 0 Å². The lowest BCUT2D eigenvalue weighted by atomic mass is 10.3. The maximum atomic E-state index is 6.30. The minimum atomic E-state index is -1.45. The van der Waals surface area contributed by atoms with Crippen LogP contribution in [0.4, 0.5) is 0 Å². The Labute approximate surface area is 130 Å². The van der Waals surface area contributed by atoms with Crippen molar-refractivity contribution >= 4 is 16.4 Å². The van der Waals surface area contributed by atoms with Crippen LogP contribution >= 0.6 is 0 Å². The molecule has 0 aliphatic rings. The van der Waals surface area contributed by atoms with Gasteiger partial charge in [-0.05, 0) is 42.7 Å². The Morgan fingerprint density at radius 2 is 1.25 bits per heavy atom. The van der Waals surface area contributed by atoms with Gasteiger partial charge in [0.15, 0.2) is 8.32 Å². The molecule has 0 saturated carbocycles. The van der Waals surface area contributed by atoms with Gasteiger partial charge in [-0.1, -0.05) is 60.2 Å². The van der Waals surface area contributed by atoms with Gasteiger partial charge in [0.05, 0.1) is 14.2 Å². The molecule has 0 aromatic rings. The topological polar surface area (TPSA) is 9.23 Å². The molecule has 0 saturated heterocycles. The molecule has 1 unspecified atom stereocenters. The van der Waals surface area contributed by atoms with Crippen molar-refractivity contribution in [2.75, 3.05) is 0 Å². The van der Waals surface area contributed by atoms with Gasteiger partial charge in [-0.25, -0.2) is 0 Å². The van der Waals surface area contributed by atoms with E-state index in [0.29, 0.717) is 6.10 Å². The van der Waals surface area contributed by atoms with E-state index in [1.54, 1.807) is 0 Å². The normalized spacial score (nSPS) is 15.8. The van der Waals surface area contributed by atoms with Gasteiger partial charge in [-0.3, -0.25) is 0 Å². The fourth-order valence-electron chi connectivity index (χ4n) is 3.56. The molecule has 1 nitrogen and oxygen atoms in total. The highest BCUT2D eigenvalue weighted by molar-refractivity contribution is 6.88. The summed E-state index contributed by atoms with van der Waals surface area (Å²) < 4.78 is 6.30. The molecular weight excluding hydrogens is 276 g/mol. The predicted octanol–water partition coefficient (Wildman–Crippen LogP) is 6.39. The van der Waals surface area contributed by atoms with Crippen LogP contribution in [0.15, 0.2) is 11.8 Å². The van der Waals surface area contributed by atoms with E-state index in [1.165, 1.54) is 0 Å². The van der Waals surface area contributed by atoms with E-state index >= 15 is 0 Å². The summed E-state index contributed by atoms with van der Waals surface area (Å²) in [5, 5.41) is 0. The first-order chi connectivity index (χ1) is 8.97. The van der Waals surface area contributed by atoms with E-state index < -0.39 is 16.4 Å². The Hall–Kier alpha value is 0.134. The molecule has 0 rings (SSSR count). The summed E-state index contributed by atoms with van der Waals surface area (Å²) >= 11 is 0. The molecule has 3 heteroatoms. The SMILES string of the molecule is CCC(/C=C/[Si](C(C)C)(C(C)C)C(C)C)O[Si](C)(C)C. The van der Waals surface area contributed by atoms with Gasteiger partial charge in [-0.15, -0.1) is 0 Å². The van der Waals surface area contributed by atoms with Gasteiger partial charge in [0.25, 0.3) is 0 Å². The Kier molecular flexibility index (Phi) is 8.00. The molecule has 0 radical (unpaired) electrons. The van der Waals surface area contributed by atoms with Gasteiger partial charge in [0.1, 0.15) is 0 Å². The van der Waals surface area contributed by atoms with Gasteiger partial charge < -0.3 is 4.43 Å². The van der Waals surface area contributed by atoms with E-state index in [9.17, 15) is 0 Å². The zero-order valence-corrected chi connectivity index (χ0v) is 17.6. The maximum Gasteiger partial charge on any atom is 0.184 e. The second kappa shape index (κ2) is 7.95. The largest absolute Gasteiger partial charge is 0.411 e. The molecule has 120 valence electrons. The van der Waals surface area contributed by atoms with Crippen LogP contribution in [0, 0.1) is 0 Å². The van der Waals surface area contributed by atoms with Crippen LogP contribution in [0.3, 0.4) is 0 Å². The number of hydrogen-bond donors (Lipinski definition) is 0. The molecule has 0 heterocycles. The highest BCUT2D eigenvalue weighted by atomic mass is 28.4. The monoisotopic (exact) mass is 314 g/mol. The first kappa shape index (κ1) is 20.1. The maximum absolute atomic E-state index is 6.30. The first-order valence-corrected chi connectivity index (χ1v) is 14.1. The minimum absolute atomic E-state index is 0.310. The zero-order valence-electron chi connectivity index (χ0n) is 15.6. The van der Waals surface area contributed by atoms with E-state index in [-0.39, 0.29) is 0 Å². The highest BCUT2D eigenvalue weighted by Gasteiger charge is 2.40. The molecule has 0 amide bonds. The molecule has 0 spiro atoms. The summed E-state index contributed by atoms with van der Waals surface area (Å²) in [6, 6.07) is 0. The Balaban J connectivity index is 5.28. The standard InChI is InChI=1S/C17H38OSi2/c1-11-17(18-19(8,9)10)12-13-20(14(2)3,15(4)5)16(6)7/h12-17H,11H2,1-10H3/b13-12+. The Bertz CT molecular complexity index is 279. The van der Waals surface area contributed by atoms with Crippen molar-refractivity contribution in [3.63, 3.8) is 0 Å². The molecule has 0 N–H and O–H groups in total. The second-order valence-electron chi connectivity index (χ2n) is 8.00. The molecule has 0 aromatic carbocycles. The fraction of sp³-hybridized carbons (Fsp3) is 0.882. The lowest BCUT2D eigenvalue weighted by Crippen LogP contribution is -2.43.